The lowest BCUT2D eigenvalue weighted by atomic mass is 9.99. The van der Waals surface area contributed by atoms with Gasteiger partial charge in [-0.2, -0.15) is 4.68 Å². The van der Waals surface area contributed by atoms with Crippen LogP contribution in [-0.4, -0.2) is 44.8 Å². The summed E-state index contributed by atoms with van der Waals surface area (Å²) in [4.78, 5) is 35.3. The number of nitrogen functional groups attached to an aromatic ring is 1. The summed E-state index contributed by atoms with van der Waals surface area (Å²) in [6.07, 6.45) is 2.07. The first-order valence-corrected chi connectivity index (χ1v) is 12.9. The van der Waals surface area contributed by atoms with E-state index in [2.05, 4.69) is 25.4 Å². The van der Waals surface area contributed by atoms with Crippen molar-refractivity contribution in [2.75, 3.05) is 24.3 Å². The van der Waals surface area contributed by atoms with Crippen LogP contribution in [0.5, 0.6) is 5.75 Å². The molecule has 1 aliphatic heterocycles. The topological polar surface area (TPSA) is 176 Å². The number of carbonyl (C=O) groups is 1. The van der Waals surface area contributed by atoms with E-state index in [1.165, 1.54) is 13.1 Å². The quantitative estimate of drug-likeness (QED) is 0.168. The number of rotatable bonds is 10. The van der Waals surface area contributed by atoms with Crippen molar-refractivity contribution < 1.29 is 18.7 Å². The van der Waals surface area contributed by atoms with E-state index < -0.39 is 23.5 Å². The van der Waals surface area contributed by atoms with Crippen molar-refractivity contribution in [1.82, 2.24) is 19.7 Å². The first-order chi connectivity index (χ1) is 19.7. The first-order valence-electron chi connectivity index (χ1n) is 12.9. The molecule has 12 nitrogen and oxygen atoms in total. The lowest BCUT2D eigenvalue weighted by Gasteiger charge is -2.21. The maximum atomic E-state index is 16.1. The van der Waals surface area contributed by atoms with Crippen LogP contribution in [0.15, 0.2) is 58.4 Å². The van der Waals surface area contributed by atoms with Crippen molar-refractivity contribution in [3.8, 4) is 11.6 Å². The molecule has 212 valence electrons. The van der Waals surface area contributed by atoms with Crippen LogP contribution in [-0.2, 0) is 22.5 Å². The number of ether oxygens (including phenoxy) is 2. The highest BCUT2D eigenvalue weighted by Crippen LogP contribution is 2.33. The zero-order chi connectivity index (χ0) is 29.1. The van der Waals surface area contributed by atoms with E-state index in [0.717, 1.165) is 21.4 Å². The van der Waals surface area contributed by atoms with Gasteiger partial charge in [-0.15, -0.1) is 5.10 Å². The number of hydrogen-bond acceptors (Lipinski definition) is 10. The molecule has 41 heavy (non-hydrogen) atoms. The standard InChI is InChI=1S/C28H29FN8O4/c1-3-16-11-20(23(29)22(12-16)41-10-9-40-15(2)38)24(34-18-6-7-19-17(13-18)14-33-25(19)31)26-35-28(39)37(36-26)27-21(30)5-4-8-32-27/h4-8,11-13,24,34H,3,9-10,14,30H2,1-2H3,(H2,31,33)(H,35,36,39)/t24-/m0/s1. The summed E-state index contributed by atoms with van der Waals surface area (Å²) >= 11 is 0. The number of nitrogens with zero attached hydrogens (tertiary/aromatic N) is 4. The van der Waals surface area contributed by atoms with Crippen LogP contribution in [0.2, 0.25) is 0 Å². The van der Waals surface area contributed by atoms with Crippen LogP contribution in [0.25, 0.3) is 5.82 Å². The zero-order valence-corrected chi connectivity index (χ0v) is 22.5. The molecular weight excluding hydrogens is 531 g/mol. The number of fused-ring (bicyclic) bond motifs is 1. The van der Waals surface area contributed by atoms with Gasteiger partial charge in [-0.1, -0.05) is 13.0 Å². The molecule has 0 fully saturated rings. The summed E-state index contributed by atoms with van der Waals surface area (Å²) in [5.41, 5.74) is 15.0. The Balaban J connectivity index is 1.58. The number of nitrogens with one attached hydrogen (secondary N) is 2. The number of pyridine rings is 1. The van der Waals surface area contributed by atoms with Crippen molar-refractivity contribution in [1.29, 1.82) is 0 Å². The molecule has 0 spiro atoms. The van der Waals surface area contributed by atoms with Crippen molar-refractivity contribution in [3.63, 3.8) is 0 Å². The van der Waals surface area contributed by atoms with E-state index >= 15 is 4.39 Å². The number of aryl methyl sites for hydroxylation is 1. The molecule has 4 aromatic rings. The number of carbonyl (C=O) groups excluding carboxylic acids is 1. The number of esters is 1. The first kappa shape index (κ1) is 27.4. The number of H-pyrrole nitrogens is 1. The van der Waals surface area contributed by atoms with E-state index in [-0.39, 0.29) is 41.9 Å². The summed E-state index contributed by atoms with van der Waals surface area (Å²) < 4.78 is 27.7. The minimum atomic E-state index is -0.964. The molecule has 0 unspecified atom stereocenters. The molecule has 0 amide bonds. The molecular formula is C28H29FN8O4. The fourth-order valence-corrected chi connectivity index (χ4v) is 4.52. The molecule has 5 rings (SSSR count). The number of nitrogens with two attached hydrogens (primary N) is 2. The molecule has 0 radical (unpaired) electrons. The van der Waals surface area contributed by atoms with Crippen LogP contribution >= 0.6 is 0 Å². The van der Waals surface area contributed by atoms with Gasteiger partial charge in [-0.05, 0) is 53.9 Å². The Morgan fingerprint density at radius 3 is 2.80 bits per heavy atom. The molecule has 0 saturated carbocycles. The molecule has 0 aliphatic carbocycles. The minimum Gasteiger partial charge on any atom is -0.487 e. The lowest BCUT2D eigenvalue weighted by molar-refractivity contribution is -0.141. The number of amidine groups is 1. The van der Waals surface area contributed by atoms with Gasteiger partial charge in [-0.3, -0.25) is 14.8 Å². The predicted molar refractivity (Wildman–Crippen MR) is 151 cm³/mol. The average molecular weight is 561 g/mol. The molecule has 2 aromatic heterocycles. The summed E-state index contributed by atoms with van der Waals surface area (Å²) in [7, 11) is 0. The third-order valence-electron chi connectivity index (χ3n) is 6.53. The summed E-state index contributed by atoms with van der Waals surface area (Å²) in [5, 5.41) is 7.77. The molecule has 1 aliphatic rings. The number of aliphatic imine (C=N–C) groups is 1. The third kappa shape index (κ3) is 5.73. The summed E-state index contributed by atoms with van der Waals surface area (Å²) in [6, 6.07) is 11.1. The Bertz CT molecular complexity index is 1700. The molecule has 6 N–H and O–H groups in total. The average Bonchev–Trinajstić information content (AvgIpc) is 3.52. The second-order valence-corrected chi connectivity index (χ2v) is 9.33. The van der Waals surface area contributed by atoms with Gasteiger partial charge in [0.25, 0.3) is 0 Å². The maximum absolute atomic E-state index is 16.1. The third-order valence-corrected chi connectivity index (χ3v) is 6.53. The Kier molecular flexibility index (Phi) is 7.68. The maximum Gasteiger partial charge on any atom is 0.349 e. The Hall–Kier alpha value is -5.20. The minimum absolute atomic E-state index is 0.0239. The van der Waals surface area contributed by atoms with Crippen LogP contribution in [0.4, 0.5) is 15.8 Å². The number of aromatic amines is 1. The van der Waals surface area contributed by atoms with Crippen molar-refractivity contribution in [3.05, 3.63) is 93.0 Å². The second-order valence-electron chi connectivity index (χ2n) is 9.33. The van der Waals surface area contributed by atoms with E-state index in [0.29, 0.717) is 24.5 Å². The van der Waals surface area contributed by atoms with Crippen molar-refractivity contribution in [2.24, 2.45) is 10.7 Å². The van der Waals surface area contributed by atoms with Crippen molar-refractivity contribution in [2.45, 2.75) is 32.9 Å². The zero-order valence-electron chi connectivity index (χ0n) is 22.5. The second kappa shape index (κ2) is 11.5. The largest absolute Gasteiger partial charge is 0.487 e. The molecule has 13 heteroatoms. The van der Waals surface area contributed by atoms with Gasteiger partial charge in [0.1, 0.15) is 25.1 Å². The smallest absolute Gasteiger partial charge is 0.349 e. The Morgan fingerprint density at radius 1 is 1.22 bits per heavy atom. The van der Waals surface area contributed by atoms with Crippen LogP contribution in [0, 0.1) is 5.82 Å². The predicted octanol–water partition coefficient (Wildman–Crippen LogP) is 2.60. The molecule has 0 bridgehead atoms. The number of aromatic nitrogens is 4. The number of benzene rings is 2. The molecule has 3 heterocycles. The summed E-state index contributed by atoms with van der Waals surface area (Å²) in [6.45, 7) is 3.55. The van der Waals surface area contributed by atoms with E-state index in [9.17, 15) is 9.59 Å². The lowest BCUT2D eigenvalue weighted by Crippen LogP contribution is -2.18. The van der Waals surface area contributed by atoms with Crippen LogP contribution in [0.3, 0.4) is 0 Å². The van der Waals surface area contributed by atoms with Gasteiger partial charge >= 0.3 is 11.7 Å². The molecule has 2 aromatic carbocycles. The van der Waals surface area contributed by atoms with Gasteiger partial charge < -0.3 is 26.3 Å². The normalized spacial score (nSPS) is 12.9. The van der Waals surface area contributed by atoms with Gasteiger partial charge in [0.15, 0.2) is 23.2 Å². The molecule has 1 atom stereocenters. The number of halogens is 1. The fraction of sp³-hybridized carbons (Fsp3) is 0.250. The SMILES string of the molecule is CCc1cc(OCCOC(C)=O)c(F)c([C@H](Nc2ccc3c(c2)CN=C3N)c2nn(-c3ncccc3N)c(=O)[nH]2)c1. The van der Waals surface area contributed by atoms with Gasteiger partial charge in [0.05, 0.1) is 12.2 Å². The highest BCUT2D eigenvalue weighted by molar-refractivity contribution is 6.01. The van der Waals surface area contributed by atoms with E-state index in [4.69, 9.17) is 20.9 Å². The number of hydrogen-bond donors (Lipinski definition) is 4. The molecule has 0 saturated heterocycles. The van der Waals surface area contributed by atoms with Crippen LogP contribution < -0.4 is 27.2 Å². The number of anilines is 2. The van der Waals surface area contributed by atoms with Gasteiger partial charge in [0.2, 0.25) is 0 Å². The summed E-state index contributed by atoms with van der Waals surface area (Å²) in [5.74, 6) is -0.434. The van der Waals surface area contributed by atoms with E-state index in [1.807, 2.05) is 19.1 Å². The fourth-order valence-electron chi connectivity index (χ4n) is 4.52. The van der Waals surface area contributed by atoms with Crippen molar-refractivity contribution >= 4 is 23.2 Å². The Morgan fingerprint density at radius 2 is 2.05 bits per heavy atom. The van der Waals surface area contributed by atoms with Crippen LogP contribution in [0.1, 0.15) is 48.0 Å². The monoisotopic (exact) mass is 560 g/mol. The van der Waals surface area contributed by atoms with Gasteiger partial charge in [0, 0.05) is 29.9 Å². The highest BCUT2D eigenvalue weighted by atomic mass is 19.1. The van der Waals surface area contributed by atoms with Gasteiger partial charge in [-0.25, -0.2) is 14.2 Å². The Labute approximate surface area is 234 Å². The highest BCUT2D eigenvalue weighted by Gasteiger charge is 2.27. The van der Waals surface area contributed by atoms with E-state index in [1.54, 1.807) is 30.3 Å².